The molecule has 0 bridgehead atoms. The molecule has 28 heavy (non-hydrogen) atoms. The zero-order valence-corrected chi connectivity index (χ0v) is 17.8. The Morgan fingerprint density at radius 1 is 1.18 bits per heavy atom. The summed E-state index contributed by atoms with van der Waals surface area (Å²) in [5.41, 5.74) is 1.25. The Bertz CT molecular complexity index is 817. The summed E-state index contributed by atoms with van der Waals surface area (Å²) in [6, 6.07) is 12.9. The van der Waals surface area contributed by atoms with Crippen molar-refractivity contribution in [3.63, 3.8) is 0 Å². The first kappa shape index (κ1) is 22.1. The van der Waals surface area contributed by atoms with Gasteiger partial charge in [-0.2, -0.15) is 0 Å². The van der Waals surface area contributed by atoms with Crippen molar-refractivity contribution in [2.75, 3.05) is 11.5 Å². The van der Waals surface area contributed by atoms with Crippen molar-refractivity contribution in [3.8, 4) is 0 Å². The first-order valence-corrected chi connectivity index (χ1v) is 11.4. The zero-order valence-electron chi connectivity index (χ0n) is 16.9. The maximum atomic E-state index is 12.6. The first-order chi connectivity index (χ1) is 13.0. The van der Waals surface area contributed by atoms with E-state index in [0.717, 1.165) is 11.1 Å². The third-order valence-corrected chi connectivity index (χ3v) is 5.96. The van der Waals surface area contributed by atoms with E-state index in [1.165, 1.54) is 0 Å². The maximum absolute atomic E-state index is 12.6. The molecule has 1 amide bonds. The quantitative estimate of drug-likeness (QED) is 0.629. The van der Waals surface area contributed by atoms with Crippen molar-refractivity contribution in [3.05, 3.63) is 59.8 Å². The van der Waals surface area contributed by atoms with Crippen LogP contribution in [0.4, 0.5) is 10.6 Å². The Balaban J connectivity index is 1.87. The Hall–Kier alpha value is -2.17. The van der Waals surface area contributed by atoms with E-state index in [-0.39, 0.29) is 18.2 Å². The van der Waals surface area contributed by atoms with E-state index in [1.54, 1.807) is 33.0 Å². The molecule has 2 atom stereocenters. The second-order valence-corrected chi connectivity index (χ2v) is 10.5. The average molecular weight is 404 g/mol. The van der Waals surface area contributed by atoms with Gasteiger partial charge in [-0.15, -0.1) is 0 Å². The molecule has 0 spiro atoms. The van der Waals surface area contributed by atoms with Crippen molar-refractivity contribution in [1.29, 1.82) is 0 Å². The summed E-state index contributed by atoms with van der Waals surface area (Å²) in [6.45, 7) is 7.34. The lowest BCUT2D eigenvalue weighted by molar-refractivity contribution is 0.0635. The number of hydrogen-bond acceptors (Lipinski definition) is 4. The van der Waals surface area contributed by atoms with E-state index in [0.29, 0.717) is 12.2 Å². The molecule has 7 heteroatoms. The number of ether oxygens (including phenoxy) is 1. The second kappa shape index (κ2) is 9.35. The molecule has 0 aliphatic rings. The first-order valence-electron chi connectivity index (χ1n) is 9.32. The van der Waals surface area contributed by atoms with Crippen molar-refractivity contribution < 1.29 is 19.0 Å². The number of rotatable bonds is 7. The minimum Gasteiger partial charge on any atom is -0.444 e. The second-order valence-electron chi connectivity index (χ2n) is 8.16. The zero-order chi connectivity index (χ0) is 20.8. The van der Waals surface area contributed by atoms with Gasteiger partial charge in [-0.1, -0.05) is 43.3 Å². The number of nitrogens with one attached hydrogen (secondary N) is 1. The Morgan fingerprint density at radius 3 is 2.43 bits per heavy atom. The fourth-order valence-corrected chi connectivity index (χ4v) is 4.93. The molecular weight excluding hydrogens is 375 g/mol. The van der Waals surface area contributed by atoms with Crippen LogP contribution in [0.3, 0.4) is 0 Å². The van der Waals surface area contributed by atoms with Gasteiger partial charge in [-0.25, -0.2) is 9.78 Å². The fraction of sp³-hybridized carbons (Fsp3) is 0.429. The van der Waals surface area contributed by atoms with Gasteiger partial charge in [0.1, 0.15) is 11.4 Å². The molecule has 0 aliphatic heterocycles. The van der Waals surface area contributed by atoms with Crippen molar-refractivity contribution in [2.24, 2.45) is 5.92 Å². The highest BCUT2D eigenvalue weighted by Gasteiger charge is 2.22. The van der Waals surface area contributed by atoms with Gasteiger partial charge >= 0.3 is 6.09 Å². The molecule has 0 radical (unpaired) electrons. The van der Waals surface area contributed by atoms with Crippen LogP contribution in [0, 0.1) is 5.92 Å². The van der Waals surface area contributed by atoms with Gasteiger partial charge in [0.15, 0.2) is 0 Å². The summed E-state index contributed by atoms with van der Waals surface area (Å²) in [5.74, 6) is 0.438. The molecule has 0 fully saturated rings. The lowest BCUT2D eigenvalue weighted by Crippen LogP contribution is -2.27. The molecule has 2 rings (SSSR count). The van der Waals surface area contributed by atoms with E-state index in [1.807, 2.05) is 43.3 Å². The number of carbonyl (C=O) groups excluding carboxylic acids is 1. The molecule has 1 aromatic heterocycles. The molecular formula is C21H29N2O4P. The van der Waals surface area contributed by atoms with Crippen LogP contribution in [-0.2, 0) is 21.9 Å². The van der Waals surface area contributed by atoms with Crippen molar-refractivity contribution >= 4 is 19.3 Å². The highest BCUT2D eigenvalue weighted by molar-refractivity contribution is 7.57. The van der Waals surface area contributed by atoms with Crippen LogP contribution >= 0.6 is 7.37 Å². The number of carbonyl (C=O) groups is 1. The Labute approximate surface area is 166 Å². The highest BCUT2D eigenvalue weighted by atomic mass is 31.2. The minimum absolute atomic E-state index is 0.0333. The van der Waals surface area contributed by atoms with Gasteiger partial charge in [-0.3, -0.25) is 9.88 Å². The van der Waals surface area contributed by atoms with Crippen LogP contribution in [0.15, 0.2) is 48.7 Å². The topological polar surface area (TPSA) is 88.5 Å². The summed E-state index contributed by atoms with van der Waals surface area (Å²) in [7, 11) is -3.25. The van der Waals surface area contributed by atoms with Crippen LogP contribution in [0.5, 0.6) is 0 Å². The number of anilines is 1. The molecule has 152 valence electrons. The number of pyridine rings is 1. The summed E-state index contributed by atoms with van der Waals surface area (Å²) < 4.78 is 17.7. The summed E-state index contributed by atoms with van der Waals surface area (Å²) in [5, 5.41) is 2.59. The van der Waals surface area contributed by atoms with Crippen LogP contribution in [0.1, 0.15) is 38.8 Å². The third kappa shape index (κ3) is 8.24. The summed E-state index contributed by atoms with van der Waals surface area (Å²) >= 11 is 0. The van der Waals surface area contributed by atoms with Gasteiger partial charge in [-0.05, 0) is 50.3 Å². The van der Waals surface area contributed by atoms with E-state index in [2.05, 4.69) is 10.3 Å². The van der Waals surface area contributed by atoms with Gasteiger partial charge in [0.2, 0.25) is 7.37 Å². The SMILES string of the molecule is CC(Cc1ccc(NC(=O)OC(C)(C)C)nc1)CP(=O)(O)Cc1ccccc1. The molecule has 0 aliphatic carbocycles. The molecule has 2 N–H and O–H groups in total. The van der Waals surface area contributed by atoms with Gasteiger partial charge in [0.05, 0.1) is 0 Å². The molecule has 6 nitrogen and oxygen atoms in total. The van der Waals surface area contributed by atoms with Crippen LogP contribution < -0.4 is 5.32 Å². The van der Waals surface area contributed by atoms with E-state index >= 15 is 0 Å². The lowest BCUT2D eigenvalue weighted by Gasteiger charge is -2.19. The normalized spacial score (nSPS) is 14.8. The van der Waals surface area contributed by atoms with Crippen LogP contribution in [0.2, 0.25) is 0 Å². The molecule has 2 unspecified atom stereocenters. The Kier molecular flexibility index (Phi) is 7.39. The molecule has 2 aromatic rings. The van der Waals surface area contributed by atoms with E-state index < -0.39 is 19.1 Å². The number of hydrogen-bond donors (Lipinski definition) is 2. The smallest absolute Gasteiger partial charge is 0.413 e. The molecule has 0 saturated heterocycles. The van der Waals surface area contributed by atoms with Crippen molar-refractivity contribution in [2.45, 2.75) is 45.9 Å². The number of benzene rings is 1. The number of aromatic nitrogens is 1. The number of amides is 1. The van der Waals surface area contributed by atoms with Crippen LogP contribution in [0.25, 0.3) is 0 Å². The van der Waals surface area contributed by atoms with Gasteiger partial charge < -0.3 is 9.63 Å². The largest absolute Gasteiger partial charge is 0.444 e. The molecule has 0 saturated carbocycles. The maximum Gasteiger partial charge on any atom is 0.413 e. The monoisotopic (exact) mass is 404 g/mol. The van der Waals surface area contributed by atoms with Gasteiger partial charge in [0.25, 0.3) is 0 Å². The lowest BCUT2D eigenvalue weighted by atomic mass is 10.0. The van der Waals surface area contributed by atoms with E-state index in [4.69, 9.17) is 4.74 Å². The summed E-state index contributed by atoms with van der Waals surface area (Å²) in [4.78, 5) is 26.3. The molecule has 1 aromatic carbocycles. The summed E-state index contributed by atoms with van der Waals surface area (Å²) in [6.07, 6.45) is 2.19. The average Bonchev–Trinajstić information content (AvgIpc) is 2.54. The Morgan fingerprint density at radius 2 is 1.86 bits per heavy atom. The fourth-order valence-electron chi connectivity index (χ4n) is 2.91. The standard InChI is InChI=1S/C21H29N2O4P/c1-16(14-28(25,26)15-17-8-6-5-7-9-17)12-18-10-11-19(22-13-18)23-20(24)27-21(2,3)4/h5-11,13,16H,12,14-15H2,1-4H3,(H,25,26)(H,22,23,24). The predicted molar refractivity (Wildman–Crippen MR) is 112 cm³/mol. The van der Waals surface area contributed by atoms with Gasteiger partial charge in [0, 0.05) is 18.5 Å². The third-order valence-electron chi connectivity index (χ3n) is 3.91. The minimum atomic E-state index is -3.25. The van der Waals surface area contributed by atoms with Crippen LogP contribution in [-0.4, -0.2) is 27.7 Å². The molecule has 1 heterocycles. The predicted octanol–water partition coefficient (Wildman–Crippen LogP) is 5.08. The van der Waals surface area contributed by atoms with E-state index in [9.17, 15) is 14.3 Å². The van der Waals surface area contributed by atoms with Crippen molar-refractivity contribution in [1.82, 2.24) is 4.98 Å². The highest BCUT2D eigenvalue weighted by Crippen LogP contribution is 2.46. The number of nitrogens with zero attached hydrogens (tertiary/aromatic N) is 1.